The summed E-state index contributed by atoms with van der Waals surface area (Å²) in [6.45, 7) is 8.35. The number of piperazine rings is 1. The zero-order chi connectivity index (χ0) is 22.0. The normalized spacial score (nSPS) is 14.6. The third kappa shape index (κ3) is 4.69. The fourth-order valence-corrected chi connectivity index (χ4v) is 3.89. The standard InChI is InChI=1S/C24H27ClN4O2/c1-18-4-8-20(9-5-18)29-13-12-26-23(29)28-16-14-27(15-17-28)22(30)24(2,3)31-21-10-6-19(25)7-11-21/h4-13H,14-17H2,1-3H3. The SMILES string of the molecule is Cc1ccc(-n2ccnc2N2CCN(C(=O)C(C)(C)Oc3ccc(Cl)cc3)CC2)cc1. The van der Waals surface area contributed by atoms with E-state index in [-0.39, 0.29) is 5.91 Å². The number of benzene rings is 2. The van der Waals surface area contributed by atoms with Crippen molar-refractivity contribution in [2.75, 3.05) is 31.1 Å². The lowest BCUT2D eigenvalue weighted by atomic mass is 10.1. The second-order valence-electron chi connectivity index (χ2n) is 8.28. The molecule has 4 rings (SSSR count). The third-order valence-electron chi connectivity index (χ3n) is 5.48. The summed E-state index contributed by atoms with van der Waals surface area (Å²) in [6.07, 6.45) is 3.79. The summed E-state index contributed by atoms with van der Waals surface area (Å²) in [4.78, 5) is 21.8. The van der Waals surface area contributed by atoms with Crippen LogP contribution in [0.5, 0.6) is 5.75 Å². The van der Waals surface area contributed by atoms with E-state index in [0.717, 1.165) is 11.6 Å². The maximum atomic E-state index is 13.1. The average Bonchev–Trinajstić information content (AvgIpc) is 3.25. The van der Waals surface area contributed by atoms with Gasteiger partial charge in [-0.1, -0.05) is 29.3 Å². The number of hydrogen-bond acceptors (Lipinski definition) is 4. The summed E-state index contributed by atoms with van der Waals surface area (Å²) in [6, 6.07) is 15.4. The first kappa shape index (κ1) is 21.2. The topological polar surface area (TPSA) is 50.6 Å². The monoisotopic (exact) mass is 438 g/mol. The first-order valence-electron chi connectivity index (χ1n) is 10.4. The van der Waals surface area contributed by atoms with Crippen LogP contribution in [0.3, 0.4) is 0 Å². The lowest BCUT2D eigenvalue weighted by Gasteiger charge is -2.39. The number of rotatable bonds is 5. The predicted octanol–water partition coefficient (Wildman–Crippen LogP) is 4.34. The van der Waals surface area contributed by atoms with Gasteiger partial charge in [0.2, 0.25) is 5.95 Å². The van der Waals surface area contributed by atoms with Gasteiger partial charge in [-0.3, -0.25) is 9.36 Å². The zero-order valence-corrected chi connectivity index (χ0v) is 18.8. The van der Waals surface area contributed by atoms with Crippen molar-refractivity contribution in [2.45, 2.75) is 26.4 Å². The smallest absolute Gasteiger partial charge is 0.266 e. The van der Waals surface area contributed by atoms with Crippen molar-refractivity contribution in [1.29, 1.82) is 0 Å². The summed E-state index contributed by atoms with van der Waals surface area (Å²) in [5.74, 6) is 1.50. The zero-order valence-electron chi connectivity index (χ0n) is 18.1. The summed E-state index contributed by atoms with van der Waals surface area (Å²) < 4.78 is 8.07. The summed E-state index contributed by atoms with van der Waals surface area (Å²) in [7, 11) is 0. The van der Waals surface area contributed by atoms with Gasteiger partial charge in [0, 0.05) is 49.3 Å². The Bertz CT molecular complexity index is 1040. The van der Waals surface area contributed by atoms with Crippen LogP contribution in [0.1, 0.15) is 19.4 Å². The van der Waals surface area contributed by atoms with E-state index in [9.17, 15) is 4.79 Å². The number of amides is 1. The van der Waals surface area contributed by atoms with Crippen LogP contribution in [0, 0.1) is 6.92 Å². The number of carbonyl (C=O) groups is 1. The molecule has 0 spiro atoms. The van der Waals surface area contributed by atoms with Crippen LogP contribution < -0.4 is 9.64 Å². The molecule has 2 aromatic carbocycles. The van der Waals surface area contributed by atoms with Crippen molar-refractivity contribution in [2.24, 2.45) is 0 Å². The molecule has 1 saturated heterocycles. The van der Waals surface area contributed by atoms with Crippen LogP contribution in [0.2, 0.25) is 5.02 Å². The molecule has 0 unspecified atom stereocenters. The van der Waals surface area contributed by atoms with Gasteiger partial charge < -0.3 is 14.5 Å². The quantitative estimate of drug-likeness (QED) is 0.594. The van der Waals surface area contributed by atoms with E-state index in [0.29, 0.717) is 37.0 Å². The number of carbonyl (C=O) groups excluding carboxylic acids is 1. The van der Waals surface area contributed by atoms with Gasteiger partial charge in [0.1, 0.15) is 5.75 Å². The summed E-state index contributed by atoms with van der Waals surface area (Å²) >= 11 is 5.94. The molecule has 0 bridgehead atoms. The number of aromatic nitrogens is 2. The van der Waals surface area contributed by atoms with Gasteiger partial charge in [0.05, 0.1) is 0 Å². The molecular weight excluding hydrogens is 412 g/mol. The van der Waals surface area contributed by atoms with Gasteiger partial charge in [-0.2, -0.15) is 0 Å². The first-order chi connectivity index (χ1) is 14.8. The van der Waals surface area contributed by atoms with Crippen LogP contribution in [0.4, 0.5) is 5.95 Å². The first-order valence-corrected chi connectivity index (χ1v) is 10.8. The lowest BCUT2D eigenvalue weighted by Crippen LogP contribution is -2.56. The molecule has 1 aliphatic rings. The van der Waals surface area contributed by atoms with Gasteiger partial charge in [-0.15, -0.1) is 0 Å². The number of aryl methyl sites for hydroxylation is 1. The minimum Gasteiger partial charge on any atom is -0.478 e. The predicted molar refractivity (Wildman–Crippen MR) is 123 cm³/mol. The molecule has 2 heterocycles. The Balaban J connectivity index is 1.41. The minimum atomic E-state index is -0.962. The van der Waals surface area contributed by atoms with Crippen molar-refractivity contribution in [1.82, 2.24) is 14.5 Å². The Morgan fingerprint density at radius 3 is 2.29 bits per heavy atom. The van der Waals surface area contributed by atoms with E-state index in [1.165, 1.54) is 5.56 Å². The van der Waals surface area contributed by atoms with Crippen LogP contribution in [0.15, 0.2) is 60.9 Å². The van der Waals surface area contributed by atoms with E-state index in [2.05, 4.69) is 45.6 Å². The Kier molecular flexibility index (Phi) is 5.92. The molecule has 0 atom stereocenters. The van der Waals surface area contributed by atoms with Gasteiger partial charge in [0.25, 0.3) is 5.91 Å². The van der Waals surface area contributed by atoms with Gasteiger partial charge in [0.15, 0.2) is 5.60 Å². The number of nitrogens with zero attached hydrogens (tertiary/aromatic N) is 4. The van der Waals surface area contributed by atoms with Crippen molar-refractivity contribution in [3.05, 3.63) is 71.5 Å². The maximum absolute atomic E-state index is 13.1. The fourth-order valence-electron chi connectivity index (χ4n) is 3.77. The van der Waals surface area contributed by atoms with Gasteiger partial charge >= 0.3 is 0 Å². The summed E-state index contributed by atoms with van der Waals surface area (Å²) in [5, 5.41) is 0.636. The molecule has 31 heavy (non-hydrogen) atoms. The molecule has 0 saturated carbocycles. The molecule has 0 aliphatic carbocycles. The van der Waals surface area contributed by atoms with Gasteiger partial charge in [-0.25, -0.2) is 4.98 Å². The highest BCUT2D eigenvalue weighted by Crippen LogP contribution is 2.24. The van der Waals surface area contributed by atoms with Crippen LogP contribution in [0.25, 0.3) is 5.69 Å². The van der Waals surface area contributed by atoms with Crippen LogP contribution in [-0.2, 0) is 4.79 Å². The van der Waals surface area contributed by atoms with Crippen molar-refractivity contribution >= 4 is 23.5 Å². The molecule has 3 aromatic rings. The fraction of sp³-hybridized carbons (Fsp3) is 0.333. The number of imidazole rings is 1. The molecule has 1 fully saturated rings. The Labute approximate surface area is 188 Å². The molecule has 7 heteroatoms. The van der Waals surface area contributed by atoms with E-state index >= 15 is 0 Å². The highest BCUT2D eigenvalue weighted by atomic mass is 35.5. The molecular formula is C24H27ClN4O2. The number of anilines is 1. The molecule has 6 nitrogen and oxygen atoms in total. The van der Waals surface area contributed by atoms with Crippen molar-refractivity contribution < 1.29 is 9.53 Å². The molecule has 1 aromatic heterocycles. The summed E-state index contributed by atoms with van der Waals surface area (Å²) in [5.41, 5.74) is 1.34. The van der Waals surface area contributed by atoms with E-state index < -0.39 is 5.60 Å². The third-order valence-corrected chi connectivity index (χ3v) is 5.74. The van der Waals surface area contributed by atoms with E-state index in [1.807, 2.05) is 17.3 Å². The molecule has 1 amide bonds. The van der Waals surface area contributed by atoms with Crippen molar-refractivity contribution in [3.63, 3.8) is 0 Å². The lowest BCUT2D eigenvalue weighted by molar-refractivity contribution is -0.145. The maximum Gasteiger partial charge on any atom is 0.266 e. The highest BCUT2D eigenvalue weighted by Gasteiger charge is 2.36. The number of halogens is 1. The Morgan fingerprint density at radius 1 is 1.00 bits per heavy atom. The minimum absolute atomic E-state index is 0.0241. The Morgan fingerprint density at radius 2 is 1.65 bits per heavy atom. The molecule has 1 aliphatic heterocycles. The largest absolute Gasteiger partial charge is 0.478 e. The number of hydrogen-bond donors (Lipinski definition) is 0. The average molecular weight is 439 g/mol. The molecule has 0 radical (unpaired) electrons. The second-order valence-corrected chi connectivity index (χ2v) is 8.71. The highest BCUT2D eigenvalue weighted by molar-refractivity contribution is 6.30. The van der Waals surface area contributed by atoms with Gasteiger partial charge in [-0.05, 0) is 57.2 Å². The number of ether oxygens (including phenoxy) is 1. The van der Waals surface area contributed by atoms with E-state index in [4.69, 9.17) is 16.3 Å². The second kappa shape index (κ2) is 8.63. The van der Waals surface area contributed by atoms with Crippen LogP contribution in [-0.4, -0.2) is 52.1 Å². The molecule has 0 N–H and O–H groups in total. The molecule has 162 valence electrons. The van der Waals surface area contributed by atoms with Crippen molar-refractivity contribution in [3.8, 4) is 11.4 Å². The Hall–Kier alpha value is -2.99. The van der Waals surface area contributed by atoms with Crippen LogP contribution >= 0.6 is 11.6 Å². The van der Waals surface area contributed by atoms with E-state index in [1.54, 1.807) is 38.1 Å².